The van der Waals surface area contributed by atoms with Gasteiger partial charge in [0.25, 0.3) is 10.1 Å². The number of nitrogens with zero attached hydrogens (tertiary/aromatic N) is 7. The fraction of sp³-hybridized carbons (Fsp3) is 0.424. The molecule has 0 amide bonds. The van der Waals surface area contributed by atoms with Crippen LogP contribution in [0.4, 0.5) is 0 Å². The minimum atomic E-state index is -3.60. The van der Waals surface area contributed by atoms with Gasteiger partial charge in [-0.2, -0.15) is 8.42 Å². The third-order valence-electron chi connectivity index (χ3n) is 15.2. The normalized spacial score (nSPS) is 23.0. The van der Waals surface area contributed by atoms with Gasteiger partial charge in [0.15, 0.2) is 11.5 Å². The molecule has 4 saturated heterocycles. The summed E-state index contributed by atoms with van der Waals surface area (Å²) < 4.78 is 53.4. The highest BCUT2D eigenvalue weighted by Gasteiger charge is 2.55. The summed E-state index contributed by atoms with van der Waals surface area (Å²) in [6.45, 7) is 15.4. The Hall–Kier alpha value is -6.71. The number of likely N-dealkylation sites (tertiary alicyclic amines) is 1. The molecule has 8 atom stereocenters. The number of hydrogen-bond donors (Lipinski definition) is 3. The zero-order valence-electron chi connectivity index (χ0n) is 43.4. The van der Waals surface area contributed by atoms with Crippen LogP contribution in [0.15, 0.2) is 124 Å². The molecule has 3 aromatic carbocycles. The van der Waals surface area contributed by atoms with E-state index in [1.807, 2.05) is 89.1 Å². The van der Waals surface area contributed by atoms with Gasteiger partial charge in [0.1, 0.15) is 35.2 Å². The van der Waals surface area contributed by atoms with Crippen LogP contribution in [0.5, 0.6) is 0 Å². The monoisotopic (exact) mass is 1060 g/mol. The van der Waals surface area contributed by atoms with Crippen molar-refractivity contribution in [3.63, 3.8) is 0 Å². The summed E-state index contributed by atoms with van der Waals surface area (Å²) >= 11 is 0. The standard InChI is InChI=1S/C26H28N4O3.C22H22N4O2.C11H14O4S/c1-17(31)26-27-8-9-30(26)12-21-10-25(33-28-21)20-5-2-18(3-6-20)4-7-22-23-13-29(14-24(22)23)11-19-15-32-16-19;1-14(27)22-24-8-9-26(22)13-17-10-21(28-25-17)16-5-2-15(3-6-16)4-7-18-19-11-23-12-20(18)19;1-9-2-4-11(5-3-9)16(12,13)15-8-10-6-14-7-10/h2-3,5-6,8-10,17,19,22-24,31H,11-16H2,1H3;2-3,5-6,8-10,14,18-20,23,27H,11-13H2,1H3;2-5,10H,6-8H2,1H3/t17-,22?,23-,24+;14-,18?,19-,20+;/m00./s1. The summed E-state index contributed by atoms with van der Waals surface area (Å²) in [5, 5.41) is 31.3. The Morgan fingerprint density at radius 2 is 1.16 bits per heavy atom. The van der Waals surface area contributed by atoms with Crippen LogP contribution in [0.25, 0.3) is 22.6 Å². The molecule has 2 aliphatic carbocycles. The molecule has 2 unspecified atom stereocenters. The van der Waals surface area contributed by atoms with Gasteiger partial charge < -0.3 is 48.1 Å². The van der Waals surface area contributed by atoms with Crippen molar-refractivity contribution in [2.24, 2.45) is 47.3 Å². The maximum absolute atomic E-state index is 11.7. The van der Waals surface area contributed by atoms with E-state index in [0.29, 0.717) is 49.8 Å². The van der Waals surface area contributed by atoms with Gasteiger partial charge in [0, 0.05) is 102 Å². The van der Waals surface area contributed by atoms with Gasteiger partial charge >= 0.3 is 0 Å². The number of aromatic nitrogens is 6. The van der Waals surface area contributed by atoms with Crippen LogP contribution in [0, 0.1) is 77.9 Å². The Kier molecular flexibility index (Phi) is 15.7. The molecular formula is C59H64N8O9S. The Balaban J connectivity index is 0.000000130. The van der Waals surface area contributed by atoms with Gasteiger partial charge in [-0.3, -0.25) is 4.18 Å². The first-order chi connectivity index (χ1) is 37.4. The Labute approximate surface area is 449 Å². The molecule has 4 aromatic heterocycles. The number of nitrogens with one attached hydrogen (secondary N) is 1. The molecule has 400 valence electrons. The summed E-state index contributed by atoms with van der Waals surface area (Å²) in [4.78, 5) is 11.2. The van der Waals surface area contributed by atoms with Crippen molar-refractivity contribution in [2.45, 2.75) is 51.0 Å². The van der Waals surface area contributed by atoms with Crippen molar-refractivity contribution in [3.8, 4) is 46.3 Å². The molecule has 0 bridgehead atoms. The predicted octanol–water partition coefficient (Wildman–Crippen LogP) is 6.62. The molecule has 3 N–H and O–H groups in total. The minimum absolute atomic E-state index is 0.205. The topological polar surface area (TPSA) is 205 Å². The van der Waals surface area contributed by atoms with Crippen molar-refractivity contribution in [2.75, 3.05) is 65.8 Å². The number of fused-ring (bicyclic) bond motifs is 2. The minimum Gasteiger partial charge on any atom is -0.385 e. The summed E-state index contributed by atoms with van der Waals surface area (Å²) in [5.41, 5.74) is 6.60. The summed E-state index contributed by atoms with van der Waals surface area (Å²) in [7, 11) is -3.60. The van der Waals surface area contributed by atoms with Gasteiger partial charge in [-0.15, -0.1) is 0 Å². The van der Waals surface area contributed by atoms with Crippen molar-refractivity contribution < 1.29 is 41.3 Å². The number of aliphatic hydroxyl groups is 2. The van der Waals surface area contributed by atoms with E-state index < -0.39 is 22.3 Å². The largest absolute Gasteiger partial charge is 0.385 e. The number of aryl methyl sites for hydroxylation is 1. The van der Waals surface area contributed by atoms with E-state index in [1.165, 1.54) is 19.6 Å². The Morgan fingerprint density at radius 1 is 0.675 bits per heavy atom. The summed E-state index contributed by atoms with van der Waals surface area (Å²) in [5.74, 6) is 21.4. The van der Waals surface area contributed by atoms with E-state index in [2.05, 4.69) is 54.2 Å². The highest BCUT2D eigenvalue weighted by atomic mass is 32.2. The molecule has 6 fully saturated rings. The number of hydrogen-bond acceptors (Lipinski definition) is 15. The molecule has 0 spiro atoms. The number of imidazole rings is 2. The SMILES string of the molecule is C[C@H](O)c1nccn1Cc1cc(-c2ccc(C#CC3[C@H]4CN(CC5COC5)C[C@@H]34)cc2)on1.C[C@H](O)c1nccn1Cc1cc(-c2ccc(C#CC3[C@H]4CNC[C@@H]34)cc2)on1.Cc1ccc(S(=O)(=O)OCC2COC2)cc1. The first-order valence-corrected chi connectivity index (χ1v) is 27.9. The number of ether oxygens (including phenoxy) is 2. The van der Waals surface area contributed by atoms with Crippen LogP contribution in [0.3, 0.4) is 0 Å². The second kappa shape index (κ2) is 23.1. The molecule has 17 nitrogen and oxygen atoms in total. The second-order valence-corrected chi connectivity index (χ2v) is 22.8. The van der Waals surface area contributed by atoms with Gasteiger partial charge in [-0.25, -0.2) is 9.97 Å². The summed E-state index contributed by atoms with van der Waals surface area (Å²) in [6.07, 6.45) is 5.76. The molecule has 77 heavy (non-hydrogen) atoms. The van der Waals surface area contributed by atoms with Gasteiger partial charge in [0.05, 0.1) is 51.0 Å². The van der Waals surface area contributed by atoms with E-state index in [4.69, 9.17) is 22.7 Å². The van der Waals surface area contributed by atoms with Crippen molar-refractivity contribution >= 4 is 10.1 Å². The molecule has 6 aliphatic rings. The lowest BCUT2D eigenvalue weighted by atomic mass is 10.1. The molecule has 7 aromatic rings. The predicted molar refractivity (Wildman–Crippen MR) is 285 cm³/mol. The van der Waals surface area contributed by atoms with Crippen molar-refractivity contribution in [1.82, 2.24) is 39.6 Å². The molecule has 4 aliphatic heterocycles. The number of benzene rings is 3. The molecule has 2 saturated carbocycles. The van der Waals surface area contributed by atoms with E-state index in [9.17, 15) is 18.6 Å². The molecule has 0 radical (unpaired) electrons. The smallest absolute Gasteiger partial charge is 0.296 e. The molecule has 13 rings (SSSR count). The quantitative estimate of drug-likeness (QED) is 0.0774. The lowest BCUT2D eigenvalue weighted by Crippen LogP contribution is -2.39. The molecule has 18 heteroatoms. The van der Waals surface area contributed by atoms with Gasteiger partial charge in [-0.05, 0) is 118 Å². The number of piperidine rings is 2. The highest BCUT2D eigenvalue weighted by Crippen LogP contribution is 2.51. The van der Waals surface area contributed by atoms with Crippen LogP contribution in [-0.2, 0) is 36.9 Å². The zero-order valence-corrected chi connectivity index (χ0v) is 44.3. The van der Waals surface area contributed by atoms with Crippen LogP contribution in [0.2, 0.25) is 0 Å². The maximum atomic E-state index is 11.7. The van der Waals surface area contributed by atoms with Crippen LogP contribution < -0.4 is 5.32 Å². The molecular weight excluding hydrogens is 997 g/mol. The average Bonchev–Trinajstić information content (AvgIpc) is 4.07. The Morgan fingerprint density at radius 3 is 1.61 bits per heavy atom. The first-order valence-electron chi connectivity index (χ1n) is 26.5. The average molecular weight is 1060 g/mol. The van der Waals surface area contributed by atoms with Crippen LogP contribution in [-0.4, -0.2) is 119 Å². The fourth-order valence-corrected chi connectivity index (χ4v) is 11.5. The zero-order chi connectivity index (χ0) is 53.0. The van der Waals surface area contributed by atoms with Crippen molar-refractivity contribution in [1.29, 1.82) is 0 Å². The fourth-order valence-electron chi connectivity index (χ4n) is 10.5. The lowest BCUT2D eigenvalue weighted by Gasteiger charge is -2.31. The van der Waals surface area contributed by atoms with E-state index in [0.717, 1.165) is 107 Å². The van der Waals surface area contributed by atoms with E-state index >= 15 is 0 Å². The molecule has 8 heterocycles. The lowest BCUT2D eigenvalue weighted by molar-refractivity contribution is -0.0498. The third kappa shape index (κ3) is 12.7. The van der Waals surface area contributed by atoms with E-state index in [1.54, 1.807) is 50.5 Å². The second-order valence-electron chi connectivity index (χ2n) is 21.2. The van der Waals surface area contributed by atoms with Gasteiger partial charge in [-0.1, -0.05) is 51.7 Å². The first kappa shape index (κ1) is 52.3. The van der Waals surface area contributed by atoms with Crippen LogP contribution >= 0.6 is 0 Å². The third-order valence-corrected chi connectivity index (χ3v) is 16.5. The highest BCUT2D eigenvalue weighted by molar-refractivity contribution is 7.86. The van der Waals surface area contributed by atoms with Gasteiger partial charge in [0.2, 0.25) is 0 Å². The summed E-state index contributed by atoms with van der Waals surface area (Å²) in [6, 6.07) is 26.7. The Bertz CT molecular complexity index is 3330. The van der Waals surface area contributed by atoms with E-state index in [-0.39, 0.29) is 17.4 Å². The number of rotatable bonds is 14. The van der Waals surface area contributed by atoms with Crippen molar-refractivity contribution in [3.05, 3.63) is 149 Å². The number of aliphatic hydroxyl groups excluding tert-OH is 2. The maximum Gasteiger partial charge on any atom is 0.296 e. The van der Waals surface area contributed by atoms with Crippen LogP contribution in [0.1, 0.15) is 65.8 Å².